The topological polar surface area (TPSA) is 85.4 Å². The first-order chi connectivity index (χ1) is 17.0. The molecule has 9 heteroatoms. The van der Waals surface area contributed by atoms with Crippen LogP contribution >= 0.6 is 0 Å². The summed E-state index contributed by atoms with van der Waals surface area (Å²) in [5, 5.41) is 1.60. The molecule has 1 fully saturated rings. The van der Waals surface area contributed by atoms with Gasteiger partial charge in [-0.1, -0.05) is 12.1 Å². The molecule has 0 unspecified atom stereocenters. The summed E-state index contributed by atoms with van der Waals surface area (Å²) in [5.41, 5.74) is 2.75. The van der Waals surface area contributed by atoms with Crippen LogP contribution in [0.1, 0.15) is 5.56 Å². The largest absolute Gasteiger partial charge is 0.464 e. The zero-order valence-electron chi connectivity index (χ0n) is 18.6. The highest BCUT2D eigenvalue weighted by Gasteiger charge is 2.50. The number of rotatable bonds is 4. The Bertz CT molecular complexity index is 1450. The second-order valence-electron chi connectivity index (χ2n) is 8.58. The van der Waals surface area contributed by atoms with Crippen LogP contribution in [0.15, 0.2) is 76.0 Å². The van der Waals surface area contributed by atoms with Gasteiger partial charge >= 0.3 is 17.8 Å². The van der Waals surface area contributed by atoms with Crippen molar-refractivity contribution >= 4 is 39.6 Å². The molecule has 0 amide bonds. The quantitative estimate of drug-likeness (QED) is 0.409. The van der Waals surface area contributed by atoms with Crippen molar-refractivity contribution < 1.29 is 32.3 Å². The number of ether oxygens (including phenoxy) is 2. The van der Waals surface area contributed by atoms with Crippen LogP contribution in [0.3, 0.4) is 0 Å². The van der Waals surface area contributed by atoms with Gasteiger partial charge in [0.1, 0.15) is 11.4 Å². The van der Waals surface area contributed by atoms with Crippen molar-refractivity contribution in [2.45, 2.75) is 12.3 Å². The van der Waals surface area contributed by atoms with Crippen LogP contribution in [-0.2, 0) is 25.5 Å². The Balaban J connectivity index is 1.31. The maximum atomic E-state index is 13.8. The molecule has 4 aromatic rings. The Labute approximate surface area is 199 Å². The van der Waals surface area contributed by atoms with Crippen LogP contribution in [0, 0.1) is 5.82 Å². The van der Waals surface area contributed by atoms with Crippen LogP contribution in [0.5, 0.6) is 0 Å². The number of carbonyl (C=O) groups is 2. The van der Waals surface area contributed by atoms with Gasteiger partial charge in [-0.25, -0.2) is 14.0 Å². The lowest BCUT2D eigenvalue weighted by molar-refractivity contribution is -0.231. The van der Waals surface area contributed by atoms with E-state index >= 15 is 0 Å². The lowest BCUT2D eigenvalue weighted by Gasteiger charge is -2.48. The summed E-state index contributed by atoms with van der Waals surface area (Å²) in [6.07, 6.45) is 5.91. The van der Waals surface area contributed by atoms with Crippen LogP contribution in [0.4, 0.5) is 10.1 Å². The number of esters is 2. The standard InChI is InChI=1S/C26H21FN2O6/c27-19-4-5-22-20(14-19)18(15-33-22)8-10-28-11-12-29(21-3-1-2-17-9-13-32-25(17)21)26(16-28)34-23(30)6-7-24(31)35-26/h1-7,9,13-15H,8,10-12,16H2. The molecule has 0 saturated carbocycles. The number of halogens is 1. The summed E-state index contributed by atoms with van der Waals surface area (Å²) in [4.78, 5) is 28.7. The van der Waals surface area contributed by atoms with Crippen LogP contribution in [0.2, 0.25) is 0 Å². The predicted octanol–water partition coefficient (Wildman–Crippen LogP) is 3.99. The average molecular weight is 476 g/mol. The van der Waals surface area contributed by atoms with Crippen molar-refractivity contribution in [3.8, 4) is 0 Å². The molecule has 6 rings (SSSR count). The van der Waals surface area contributed by atoms with Gasteiger partial charge in [-0.15, -0.1) is 0 Å². The lowest BCUT2D eigenvalue weighted by Crippen LogP contribution is -2.66. The number of hydrogen-bond acceptors (Lipinski definition) is 8. The molecule has 0 bridgehead atoms. The fourth-order valence-corrected chi connectivity index (χ4v) is 4.78. The van der Waals surface area contributed by atoms with Gasteiger partial charge in [0.15, 0.2) is 5.58 Å². The Morgan fingerprint density at radius 3 is 2.63 bits per heavy atom. The van der Waals surface area contributed by atoms with E-state index in [9.17, 15) is 14.0 Å². The molecule has 178 valence electrons. The number of nitrogens with zero attached hydrogens (tertiary/aromatic N) is 2. The number of benzene rings is 2. The predicted molar refractivity (Wildman–Crippen MR) is 124 cm³/mol. The number of carbonyl (C=O) groups excluding carboxylic acids is 2. The molecule has 4 heterocycles. The minimum Gasteiger partial charge on any atom is -0.464 e. The molecule has 0 radical (unpaired) electrons. The monoisotopic (exact) mass is 476 g/mol. The molecule has 1 saturated heterocycles. The molecule has 0 N–H and O–H groups in total. The number of furan rings is 2. The Morgan fingerprint density at radius 2 is 1.80 bits per heavy atom. The smallest absolute Gasteiger partial charge is 0.356 e. The van der Waals surface area contributed by atoms with E-state index in [0.29, 0.717) is 42.9 Å². The zero-order chi connectivity index (χ0) is 24.0. The van der Waals surface area contributed by atoms with Crippen molar-refractivity contribution in [3.05, 3.63) is 78.5 Å². The van der Waals surface area contributed by atoms with E-state index in [0.717, 1.165) is 28.5 Å². The van der Waals surface area contributed by atoms with Crippen molar-refractivity contribution in [1.29, 1.82) is 0 Å². The SMILES string of the molecule is O=C1C=CC(=O)OC2(CN(CCc3coc4ccc(F)cc34)CCN2c2cccc3ccoc23)O1. The molecule has 2 aliphatic heterocycles. The molecule has 2 aromatic heterocycles. The number of hydrogen-bond donors (Lipinski definition) is 0. The molecular formula is C26H21FN2O6. The third kappa shape index (κ3) is 3.83. The van der Waals surface area contributed by atoms with Gasteiger partial charge in [0.25, 0.3) is 0 Å². The first-order valence-electron chi connectivity index (χ1n) is 11.3. The summed E-state index contributed by atoms with van der Waals surface area (Å²) in [6, 6.07) is 11.9. The first kappa shape index (κ1) is 21.4. The van der Waals surface area contributed by atoms with Gasteiger partial charge in [-0.2, -0.15) is 0 Å². The van der Waals surface area contributed by atoms with E-state index in [-0.39, 0.29) is 12.4 Å². The van der Waals surface area contributed by atoms with E-state index in [1.54, 1.807) is 23.5 Å². The molecule has 0 aliphatic carbocycles. The van der Waals surface area contributed by atoms with Crippen molar-refractivity contribution in [1.82, 2.24) is 4.90 Å². The van der Waals surface area contributed by atoms with E-state index in [4.69, 9.17) is 18.3 Å². The van der Waals surface area contributed by atoms with Crippen LogP contribution < -0.4 is 4.90 Å². The fourth-order valence-electron chi connectivity index (χ4n) is 4.78. The van der Waals surface area contributed by atoms with E-state index in [1.807, 2.05) is 29.2 Å². The highest BCUT2D eigenvalue weighted by Crippen LogP contribution is 2.37. The highest BCUT2D eigenvalue weighted by molar-refractivity contribution is 5.94. The lowest BCUT2D eigenvalue weighted by atomic mass is 10.1. The number of fused-ring (bicyclic) bond motifs is 2. The minimum absolute atomic E-state index is 0.118. The first-order valence-corrected chi connectivity index (χ1v) is 11.3. The minimum atomic E-state index is -1.68. The summed E-state index contributed by atoms with van der Waals surface area (Å²) >= 11 is 0. The van der Waals surface area contributed by atoms with Gasteiger partial charge < -0.3 is 18.3 Å². The van der Waals surface area contributed by atoms with Crippen molar-refractivity contribution in [2.24, 2.45) is 0 Å². The maximum Gasteiger partial charge on any atom is 0.356 e. The molecule has 2 aliphatic rings. The molecule has 35 heavy (non-hydrogen) atoms. The average Bonchev–Trinajstić information content (AvgIpc) is 3.45. The zero-order valence-corrected chi connectivity index (χ0v) is 18.6. The summed E-state index contributed by atoms with van der Waals surface area (Å²) in [6.45, 7) is 1.67. The van der Waals surface area contributed by atoms with Crippen LogP contribution in [-0.4, -0.2) is 48.9 Å². The van der Waals surface area contributed by atoms with Gasteiger partial charge in [-0.3, -0.25) is 9.80 Å². The molecule has 1 spiro atoms. The highest BCUT2D eigenvalue weighted by atomic mass is 19.1. The number of piperazine rings is 1. The van der Waals surface area contributed by atoms with Crippen LogP contribution in [0.25, 0.3) is 21.9 Å². The van der Waals surface area contributed by atoms with Gasteiger partial charge in [0, 0.05) is 42.6 Å². The number of anilines is 1. The summed E-state index contributed by atoms with van der Waals surface area (Å²) in [7, 11) is 0. The Morgan fingerprint density at radius 1 is 0.971 bits per heavy atom. The normalized spacial score (nSPS) is 18.3. The van der Waals surface area contributed by atoms with Gasteiger partial charge in [0.2, 0.25) is 0 Å². The Kier molecular flexibility index (Phi) is 5.07. The van der Waals surface area contributed by atoms with Gasteiger partial charge in [0.05, 0.1) is 24.8 Å². The van der Waals surface area contributed by atoms with E-state index in [2.05, 4.69) is 0 Å². The van der Waals surface area contributed by atoms with Crippen molar-refractivity contribution in [3.63, 3.8) is 0 Å². The van der Waals surface area contributed by atoms with Gasteiger partial charge in [-0.05, 0) is 42.3 Å². The second-order valence-corrected chi connectivity index (χ2v) is 8.58. The molecule has 8 nitrogen and oxygen atoms in total. The van der Waals surface area contributed by atoms with Crippen molar-refractivity contribution in [2.75, 3.05) is 31.1 Å². The Hall–Kier alpha value is -4.11. The van der Waals surface area contributed by atoms with E-state index in [1.165, 1.54) is 12.1 Å². The third-order valence-corrected chi connectivity index (χ3v) is 6.41. The second kappa shape index (κ2) is 8.28. The fraction of sp³-hybridized carbons (Fsp3) is 0.231. The number of para-hydroxylation sites is 1. The summed E-state index contributed by atoms with van der Waals surface area (Å²) < 4.78 is 36.5. The molecule has 2 aromatic carbocycles. The third-order valence-electron chi connectivity index (χ3n) is 6.41. The maximum absolute atomic E-state index is 13.8. The summed E-state index contributed by atoms with van der Waals surface area (Å²) in [5.74, 6) is -3.36. The van der Waals surface area contributed by atoms with E-state index < -0.39 is 17.8 Å². The molecule has 0 atom stereocenters. The molecular weight excluding hydrogens is 455 g/mol.